The number of hydrogen-bond donors (Lipinski definition) is 0. The van der Waals surface area contributed by atoms with Gasteiger partial charge in [-0.05, 0) is 21.5 Å². The Bertz CT molecular complexity index is 866. The summed E-state index contributed by atoms with van der Waals surface area (Å²) in [6.07, 6.45) is 0. The average Bonchev–Trinajstić information content (AvgIpc) is 2.60. The molecule has 0 N–H and O–H groups in total. The molecule has 106 valence electrons. The van der Waals surface area contributed by atoms with E-state index in [1.807, 2.05) is 0 Å². The van der Waals surface area contributed by atoms with Gasteiger partial charge in [0.2, 0.25) is 0 Å². The van der Waals surface area contributed by atoms with E-state index < -0.39 is 8.80 Å². The zero-order valence-electron chi connectivity index (χ0n) is 12.7. The molecule has 0 spiro atoms. The Kier molecular flexibility index (Phi) is 3.28. The highest BCUT2D eigenvalue weighted by molar-refractivity contribution is 6.87. The van der Waals surface area contributed by atoms with Gasteiger partial charge >= 0.3 is 0 Å². The highest BCUT2D eigenvalue weighted by Crippen LogP contribution is 2.15. The third-order valence-corrected chi connectivity index (χ3v) is 7.45. The predicted octanol–water partition coefficient (Wildman–Crippen LogP) is 3.96. The normalized spacial score (nSPS) is 11.4. The van der Waals surface area contributed by atoms with Crippen LogP contribution < -0.4 is 10.4 Å². The summed E-state index contributed by atoms with van der Waals surface area (Å²) in [7, 11) is -1.22. The van der Waals surface area contributed by atoms with Gasteiger partial charge in [0.05, 0.1) is 0 Å². The van der Waals surface area contributed by atoms with E-state index in [9.17, 15) is 0 Å². The van der Waals surface area contributed by atoms with E-state index in [1.54, 1.807) is 0 Å². The van der Waals surface area contributed by atoms with Crippen LogP contribution in [0, 0.1) is 0 Å². The fourth-order valence-corrected chi connectivity index (χ4v) is 6.02. The van der Waals surface area contributed by atoms with E-state index in [0.29, 0.717) is 0 Å². The van der Waals surface area contributed by atoms with Crippen molar-refractivity contribution in [2.45, 2.75) is 6.55 Å². The lowest BCUT2D eigenvalue weighted by atomic mass is 10.1. The summed E-state index contributed by atoms with van der Waals surface area (Å²) in [6, 6.07) is 31.0. The molecule has 0 aliphatic rings. The minimum atomic E-state index is -1.22. The maximum Gasteiger partial charge on any atom is 0.101 e. The molecule has 0 radical (unpaired) electrons. The molecule has 4 rings (SSSR count). The second kappa shape index (κ2) is 5.43. The van der Waals surface area contributed by atoms with E-state index in [-0.39, 0.29) is 0 Å². The summed E-state index contributed by atoms with van der Waals surface area (Å²) in [5.74, 6) is 0. The second-order valence-electron chi connectivity index (χ2n) is 5.86. The van der Waals surface area contributed by atoms with E-state index in [0.717, 1.165) is 0 Å². The Morgan fingerprint density at radius 1 is 0.500 bits per heavy atom. The highest BCUT2D eigenvalue weighted by Gasteiger charge is 2.15. The molecule has 0 heterocycles. The van der Waals surface area contributed by atoms with Gasteiger partial charge in [-0.1, -0.05) is 102 Å². The summed E-state index contributed by atoms with van der Waals surface area (Å²) in [4.78, 5) is 0. The molecular weight excluding hydrogens is 280 g/mol. The minimum Gasteiger partial charge on any atom is -0.0641 e. The van der Waals surface area contributed by atoms with Crippen LogP contribution in [0.5, 0.6) is 0 Å². The van der Waals surface area contributed by atoms with Crippen molar-refractivity contribution in [1.29, 1.82) is 0 Å². The summed E-state index contributed by atoms with van der Waals surface area (Å²) < 4.78 is 0. The molecule has 0 aliphatic carbocycles. The van der Waals surface area contributed by atoms with Crippen LogP contribution in [0.2, 0.25) is 6.55 Å². The monoisotopic (exact) mass is 298 g/mol. The summed E-state index contributed by atoms with van der Waals surface area (Å²) in [5.41, 5.74) is 0. The van der Waals surface area contributed by atoms with Crippen molar-refractivity contribution in [1.82, 2.24) is 0 Å². The maximum atomic E-state index is 2.45. The van der Waals surface area contributed by atoms with Gasteiger partial charge in [0, 0.05) is 0 Å². The predicted molar refractivity (Wildman–Crippen MR) is 100 cm³/mol. The highest BCUT2D eigenvalue weighted by atomic mass is 28.3. The third kappa shape index (κ3) is 2.15. The topological polar surface area (TPSA) is 0 Å². The summed E-state index contributed by atoms with van der Waals surface area (Å²) >= 11 is 0. The van der Waals surface area contributed by atoms with Crippen molar-refractivity contribution >= 4 is 40.7 Å². The molecule has 0 fully saturated rings. The first kappa shape index (κ1) is 13.3. The molecule has 0 bridgehead atoms. The zero-order chi connectivity index (χ0) is 14.9. The number of benzene rings is 4. The molecule has 0 aromatic heterocycles. The number of hydrogen-bond acceptors (Lipinski definition) is 0. The SMILES string of the molecule is C[SiH](c1cccc2ccccc12)c1cccc2ccccc12. The van der Waals surface area contributed by atoms with Gasteiger partial charge in [-0.3, -0.25) is 0 Å². The molecule has 0 aliphatic heterocycles. The molecule has 4 aromatic carbocycles. The van der Waals surface area contributed by atoms with E-state index in [1.165, 1.54) is 31.9 Å². The van der Waals surface area contributed by atoms with Crippen LogP contribution in [-0.4, -0.2) is 8.80 Å². The van der Waals surface area contributed by atoms with Crippen molar-refractivity contribution in [3.05, 3.63) is 84.9 Å². The van der Waals surface area contributed by atoms with Gasteiger partial charge in [0.1, 0.15) is 8.80 Å². The quantitative estimate of drug-likeness (QED) is 0.491. The first-order valence-electron chi connectivity index (χ1n) is 7.80. The van der Waals surface area contributed by atoms with Crippen LogP contribution in [0.25, 0.3) is 21.5 Å². The van der Waals surface area contributed by atoms with Gasteiger partial charge < -0.3 is 0 Å². The molecule has 0 atom stereocenters. The first-order valence-corrected chi connectivity index (χ1v) is 10.1. The zero-order valence-corrected chi connectivity index (χ0v) is 13.8. The molecule has 0 unspecified atom stereocenters. The van der Waals surface area contributed by atoms with Crippen molar-refractivity contribution in [3.63, 3.8) is 0 Å². The molecule has 0 amide bonds. The minimum absolute atomic E-state index is 1.22. The Balaban J connectivity index is 1.94. The summed E-state index contributed by atoms with van der Waals surface area (Å²) in [6.45, 7) is 2.45. The molecule has 0 saturated heterocycles. The van der Waals surface area contributed by atoms with Gasteiger partial charge in [0.15, 0.2) is 0 Å². The Labute approximate surface area is 132 Å². The van der Waals surface area contributed by atoms with Gasteiger partial charge in [0.25, 0.3) is 0 Å². The van der Waals surface area contributed by atoms with Crippen LogP contribution in [0.1, 0.15) is 0 Å². The van der Waals surface area contributed by atoms with E-state index in [2.05, 4.69) is 91.5 Å². The second-order valence-corrected chi connectivity index (χ2v) is 8.55. The molecule has 0 saturated carbocycles. The molecule has 4 aromatic rings. The van der Waals surface area contributed by atoms with Crippen molar-refractivity contribution in [2.24, 2.45) is 0 Å². The first-order chi connectivity index (χ1) is 10.8. The lowest BCUT2D eigenvalue weighted by molar-refractivity contribution is 1.75. The Hall–Kier alpha value is -2.38. The maximum absolute atomic E-state index is 2.45. The van der Waals surface area contributed by atoms with Crippen molar-refractivity contribution < 1.29 is 0 Å². The fraction of sp³-hybridized carbons (Fsp3) is 0.0476. The van der Waals surface area contributed by atoms with Crippen LogP contribution in [0.15, 0.2) is 84.9 Å². The van der Waals surface area contributed by atoms with E-state index in [4.69, 9.17) is 0 Å². The fourth-order valence-electron chi connectivity index (χ4n) is 3.42. The lowest BCUT2D eigenvalue weighted by Crippen LogP contribution is -2.40. The van der Waals surface area contributed by atoms with Gasteiger partial charge in [-0.2, -0.15) is 0 Å². The van der Waals surface area contributed by atoms with Gasteiger partial charge in [-0.25, -0.2) is 0 Å². The molecule has 1 heteroatoms. The third-order valence-electron chi connectivity index (χ3n) is 4.58. The smallest absolute Gasteiger partial charge is 0.0641 e. The lowest BCUT2D eigenvalue weighted by Gasteiger charge is -2.16. The Morgan fingerprint density at radius 3 is 1.41 bits per heavy atom. The molecule has 22 heavy (non-hydrogen) atoms. The van der Waals surface area contributed by atoms with Crippen LogP contribution in [0.4, 0.5) is 0 Å². The van der Waals surface area contributed by atoms with Crippen molar-refractivity contribution in [3.8, 4) is 0 Å². The largest absolute Gasteiger partial charge is 0.101 e. The number of fused-ring (bicyclic) bond motifs is 2. The standard InChI is InChI=1S/C21H18Si/c1-22(20-14-6-10-16-8-2-4-12-18(16)20)21-15-7-11-17-9-3-5-13-19(17)21/h2-15,22H,1H3. The van der Waals surface area contributed by atoms with Gasteiger partial charge in [-0.15, -0.1) is 0 Å². The van der Waals surface area contributed by atoms with Crippen molar-refractivity contribution in [2.75, 3.05) is 0 Å². The summed E-state index contributed by atoms with van der Waals surface area (Å²) in [5, 5.41) is 8.59. The number of rotatable bonds is 2. The molecular formula is C21H18Si. The van der Waals surface area contributed by atoms with Crippen LogP contribution in [-0.2, 0) is 0 Å². The van der Waals surface area contributed by atoms with Crippen LogP contribution >= 0.6 is 0 Å². The average molecular weight is 298 g/mol. The van der Waals surface area contributed by atoms with E-state index >= 15 is 0 Å². The van der Waals surface area contributed by atoms with Crippen LogP contribution in [0.3, 0.4) is 0 Å². The molecule has 0 nitrogen and oxygen atoms in total. The Morgan fingerprint density at radius 2 is 0.909 bits per heavy atom.